The summed E-state index contributed by atoms with van der Waals surface area (Å²) in [4.78, 5) is 18.8. The van der Waals surface area contributed by atoms with Gasteiger partial charge in [0.05, 0.1) is 17.8 Å². The third-order valence-electron chi connectivity index (χ3n) is 4.48. The van der Waals surface area contributed by atoms with Crippen LogP contribution in [0.25, 0.3) is 11.3 Å². The molecule has 0 spiro atoms. The molecule has 0 unspecified atom stereocenters. The summed E-state index contributed by atoms with van der Waals surface area (Å²) in [7, 11) is 0. The molecule has 1 aromatic carbocycles. The Labute approximate surface area is 134 Å². The summed E-state index contributed by atoms with van der Waals surface area (Å²) in [6.07, 6.45) is 0. The van der Waals surface area contributed by atoms with Gasteiger partial charge < -0.3 is 14.6 Å². The number of aromatic nitrogens is 2. The third-order valence-corrected chi connectivity index (χ3v) is 4.48. The molecule has 1 amide bonds. The Bertz CT molecular complexity index is 750. The number of halogens is 1. The molecule has 0 aliphatic carbocycles. The van der Waals surface area contributed by atoms with Crippen LogP contribution in [0.1, 0.15) is 25.4 Å². The lowest BCUT2D eigenvalue weighted by atomic mass is 9.99. The number of hydrogen-bond acceptors (Lipinski definition) is 3. The largest absolute Gasteiger partial charge is 0.395 e. The number of hydrogen-bond donors (Lipinski definition) is 1. The fraction of sp³-hybridized carbons (Fsp3) is 0.412. The third kappa shape index (κ3) is 2.43. The molecular weight excluding hydrogens is 297 g/mol. The Morgan fingerprint density at radius 2 is 1.96 bits per heavy atom. The Kier molecular flexibility index (Phi) is 3.72. The number of aliphatic hydroxyl groups excluding tert-OH is 1. The highest BCUT2D eigenvalue weighted by atomic mass is 19.1. The highest BCUT2D eigenvalue weighted by Crippen LogP contribution is 2.35. The van der Waals surface area contributed by atoms with Crippen LogP contribution < -0.4 is 0 Å². The van der Waals surface area contributed by atoms with Crippen LogP contribution >= 0.6 is 0 Å². The summed E-state index contributed by atoms with van der Waals surface area (Å²) >= 11 is 0. The van der Waals surface area contributed by atoms with Crippen LogP contribution in [0.15, 0.2) is 24.3 Å². The summed E-state index contributed by atoms with van der Waals surface area (Å²) in [6, 6.07) is 6.19. The minimum absolute atomic E-state index is 0.0392. The molecule has 1 aliphatic heterocycles. The summed E-state index contributed by atoms with van der Waals surface area (Å²) < 4.78 is 15.1. The molecule has 6 heteroatoms. The fourth-order valence-corrected chi connectivity index (χ4v) is 3.23. The number of fused-ring (bicyclic) bond motifs is 1. The second kappa shape index (κ2) is 5.45. The van der Waals surface area contributed by atoms with Gasteiger partial charge in [0, 0.05) is 17.8 Å². The molecule has 0 fully saturated rings. The molecular formula is C17H20FN3O2. The summed E-state index contributed by atoms with van der Waals surface area (Å²) in [5, 5.41) is 9.22. The van der Waals surface area contributed by atoms with E-state index in [0.29, 0.717) is 0 Å². The Morgan fingerprint density at radius 3 is 2.57 bits per heavy atom. The van der Waals surface area contributed by atoms with Gasteiger partial charge in [0.1, 0.15) is 18.2 Å². The average molecular weight is 317 g/mol. The van der Waals surface area contributed by atoms with Gasteiger partial charge in [-0.1, -0.05) is 0 Å². The van der Waals surface area contributed by atoms with Crippen LogP contribution in [0.3, 0.4) is 0 Å². The number of benzene rings is 1. The lowest BCUT2D eigenvalue weighted by molar-refractivity contribution is -0.141. The van der Waals surface area contributed by atoms with Gasteiger partial charge in [-0.25, -0.2) is 9.37 Å². The number of imidazole rings is 1. The quantitative estimate of drug-likeness (QED) is 0.943. The van der Waals surface area contributed by atoms with Crippen LogP contribution in [0.5, 0.6) is 0 Å². The number of carbonyl (C=O) groups is 1. The second-order valence-electron chi connectivity index (χ2n) is 6.29. The van der Waals surface area contributed by atoms with Crippen LogP contribution in [0.2, 0.25) is 0 Å². The van der Waals surface area contributed by atoms with Gasteiger partial charge in [-0.3, -0.25) is 4.79 Å². The van der Waals surface area contributed by atoms with E-state index < -0.39 is 5.54 Å². The van der Waals surface area contributed by atoms with E-state index in [0.717, 1.165) is 22.8 Å². The van der Waals surface area contributed by atoms with Crippen molar-refractivity contribution in [2.75, 3.05) is 13.2 Å². The van der Waals surface area contributed by atoms with E-state index in [1.54, 1.807) is 17.0 Å². The molecule has 0 radical (unpaired) electrons. The van der Waals surface area contributed by atoms with Crippen molar-refractivity contribution in [3.63, 3.8) is 0 Å². The predicted molar refractivity (Wildman–Crippen MR) is 84.2 cm³/mol. The molecule has 2 heterocycles. The molecule has 0 saturated carbocycles. The van der Waals surface area contributed by atoms with Gasteiger partial charge >= 0.3 is 0 Å². The standard InChI is InChI=1S/C17H20FN3O2/c1-11-15(12-4-6-13(18)7-5-12)19-16-17(2,3)21(8-9-22)14(23)10-20(11)16/h4-7,22H,8-10H2,1-3H3. The zero-order valence-corrected chi connectivity index (χ0v) is 13.5. The maximum absolute atomic E-state index is 13.1. The van der Waals surface area contributed by atoms with E-state index in [-0.39, 0.29) is 31.4 Å². The Hall–Kier alpha value is -2.21. The molecule has 0 saturated heterocycles. The van der Waals surface area contributed by atoms with Crippen LogP contribution in [-0.2, 0) is 16.9 Å². The van der Waals surface area contributed by atoms with Crippen LogP contribution in [0.4, 0.5) is 4.39 Å². The Balaban J connectivity index is 2.12. The van der Waals surface area contributed by atoms with Crippen molar-refractivity contribution in [2.24, 2.45) is 0 Å². The zero-order chi connectivity index (χ0) is 16.8. The molecule has 2 aromatic rings. The van der Waals surface area contributed by atoms with Crippen molar-refractivity contribution >= 4 is 5.91 Å². The SMILES string of the molecule is Cc1c(-c2ccc(F)cc2)nc2n1CC(=O)N(CCO)C2(C)C. The van der Waals surface area contributed by atoms with Crippen molar-refractivity contribution in [1.29, 1.82) is 0 Å². The van der Waals surface area contributed by atoms with Gasteiger partial charge in [-0.2, -0.15) is 0 Å². The summed E-state index contributed by atoms with van der Waals surface area (Å²) in [5.74, 6) is 0.449. The van der Waals surface area contributed by atoms with E-state index in [4.69, 9.17) is 4.98 Å². The number of amides is 1. The minimum atomic E-state index is -0.610. The highest BCUT2D eigenvalue weighted by Gasteiger charge is 2.41. The van der Waals surface area contributed by atoms with Crippen molar-refractivity contribution in [3.05, 3.63) is 41.6 Å². The lowest BCUT2D eigenvalue weighted by Crippen LogP contribution is -2.53. The first-order valence-electron chi connectivity index (χ1n) is 7.61. The van der Waals surface area contributed by atoms with Crippen LogP contribution in [0, 0.1) is 12.7 Å². The lowest BCUT2D eigenvalue weighted by Gasteiger charge is -2.42. The average Bonchev–Trinajstić information content (AvgIpc) is 2.83. The molecule has 0 atom stereocenters. The molecule has 1 aliphatic rings. The number of rotatable bonds is 3. The van der Waals surface area contributed by atoms with Crippen molar-refractivity contribution in [1.82, 2.24) is 14.5 Å². The van der Waals surface area contributed by atoms with E-state index in [9.17, 15) is 14.3 Å². The molecule has 1 aromatic heterocycles. The zero-order valence-electron chi connectivity index (χ0n) is 13.5. The van der Waals surface area contributed by atoms with Gasteiger partial charge in [0.15, 0.2) is 0 Å². The van der Waals surface area contributed by atoms with Gasteiger partial charge in [-0.05, 0) is 45.0 Å². The number of aliphatic hydroxyl groups is 1. The van der Waals surface area contributed by atoms with E-state index in [2.05, 4.69) is 0 Å². The second-order valence-corrected chi connectivity index (χ2v) is 6.29. The first-order chi connectivity index (χ1) is 10.9. The van der Waals surface area contributed by atoms with E-state index >= 15 is 0 Å². The number of β-amino-alcohol motifs (C(OH)–C–C–N with tert-alkyl or cyclic N) is 1. The number of nitrogens with zero attached hydrogens (tertiary/aromatic N) is 3. The Morgan fingerprint density at radius 1 is 1.30 bits per heavy atom. The van der Waals surface area contributed by atoms with Crippen molar-refractivity contribution in [2.45, 2.75) is 32.9 Å². The van der Waals surface area contributed by atoms with Gasteiger partial charge in [0.25, 0.3) is 0 Å². The normalized spacial score (nSPS) is 16.6. The molecule has 1 N–H and O–H groups in total. The first kappa shape index (κ1) is 15.7. The molecule has 122 valence electrons. The monoisotopic (exact) mass is 317 g/mol. The van der Waals surface area contributed by atoms with Crippen LogP contribution in [-0.4, -0.2) is 38.6 Å². The van der Waals surface area contributed by atoms with Gasteiger partial charge in [-0.15, -0.1) is 0 Å². The van der Waals surface area contributed by atoms with Gasteiger partial charge in [0.2, 0.25) is 5.91 Å². The molecule has 23 heavy (non-hydrogen) atoms. The molecule has 5 nitrogen and oxygen atoms in total. The maximum atomic E-state index is 13.1. The minimum Gasteiger partial charge on any atom is -0.395 e. The van der Waals surface area contributed by atoms with Crippen molar-refractivity contribution < 1.29 is 14.3 Å². The summed E-state index contributed by atoms with van der Waals surface area (Å²) in [6.45, 7) is 6.17. The highest BCUT2D eigenvalue weighted by molar-refractivity contribution is 5.79. The topological polar surface area (TPSA) is 58.4 Å². The maximum Gasteiger partial charge on any atom is 0.243 e. The molecule has 3 rings (SSSR count). The first-order valence-corrected chi connectivity index (χ1v) is 7.61. The fourth-order valence-electron chi connectivity index (χ4n) is 3.23. The van der Waals surface area contributed by atoms with Crippen molar-refractivity contribution in [3.8, 4) is 11.3 Å². The summed E-state index contributed by atoms with van der Waals surface area (Å²) in [5.41, 5.74) is 1.85. The van der Waals surface area contributed by atoms with E-state index in [1.807, 2.05) is 25.3 Å². The van der Waals surface area contributed by atoms with E-state index in [1.165, 1.54) is 12.1 Å². The molecule has 0 bridgehead atoms. The predicted octanol–water partition coefficient (Wildman–Crippen LogP) is 2.07. The smallest absolute Gasteiger partial charge is 0.243 e. The number of carbonyl (C=O) groups excluding carboxylic acids is 1.